The summed E-state index contributed by atoms with van der Waals surface area (Å²) in [5, 5.41) is 17.1. The summed E-state index contributed by atoms with van der Waals surface area (Å²) in [4.78, 5) is 24.9. The van der Waals surface area contributed by atoms with Gasteiger partial charge in [0.2, 0.25) is 0 Å². The van der Waals surface area contributed by atoms with Gasteiger partial charge in [-0.15, -0.1) is 0 Å². The van der Waals surface area contributed by atoms with Gasteiger partial charge in [-0.1, -0.05) is 0 Å². The number of nitrogens with one attached hydrogen (secondary N) is 3. The molecule has 27 heavy (non-hydrogen) atoms. The number of nitrogens with zero attached hydrogens (tertiary/aromatic N) is 3. The van der Waals surface area contributed by atoms with E-state index >= 15 is 0 Å². The number of fused-ring (bicyclic) bond motifs is 1. The largest absolute Gasteiger partial charge is 0.373 e. The highest BCUT2D eigenvalue weighted by Crippen LogP contribution is 2.20. The molecule has 1 saturated carbocycles. The Labute approximate surface area is 156 Å². The molecule has 144 valence electrons. The third kappa shape index (κ3) is 3.87. The summed E-state index contributed by atoms with van der Waals surface area (Å²) in [6.07, 6.45) is 5.10. The maximum Gasteiger partial charge on any atom is 0.272 e. The van der Waals surface area contributed by atoms with Crippen molar-refractivity contribution in [2.75, 3.05) is 6.61 Å². The fraction of sp³-hybridized carbons (Fsp3) is 0.556. The second kappa shape index (κ2) is 7.51. The zero-order valence-corrected chi connectivity index (χ0v) is 15.3. The Morgan fingerprint density at radius 1 is 1.26 bits per heavy atom. The number of carbonyl (C=O) groups excluding carboxylic acids is 2. The van der Waals surface area contributed by atoms with E-state index in [1.165, 1.54) is 0 Å². The van der Waals surface area contributed by atoms with Crippen molar-refractivity contribution in [1.82, 2.24) is 30.6 Å². The Hall–Kier alpha value is -2.68. The number of ether oxygens (including phenoxy) is 1. The predicted molar refractivity (Wildman–Crippen MR) is 96.2 cm³/mol. The molecule has 0 saturated heterocycles. The number of aryl methyl sites for hydroxylation is 1. The lowest BCUT2D eigenvalue weighted by molar-refractivity contribution is 0.0796. The minimum atomic E-state index is -0.168. The average Bonchev–Trinajstić information content (AvgIpc) is 3.28. The molecule has 3 heterocycles. The molecule has 2 aliphatic rings. The highest BCUT2D eigenvalue weighted by molar-refractivity contribution is 5.94. The molecule has 0 radical (unpaired) electrons. The molecule has 0 spiro atoms. The molecule has 4 rings (SSSR count). The van der Waals surface area contributed by atoms with Gasteiger partial charge in [-0.2, -0.15) is 10.2 Å². The summed E-state index contributed by atoms with van der Waals surface area (Å²) in [6, 6.07) is 1.84. The smallest absolute Gasteiger partial charge is 0.272 e. The molecule has 1 fully saturated rings. The highest BCUT2D eigenvalue weighted by atomic mass is 16.5. The van der Waals surface area contributed by atoms with Crippen LogP contribution in [0.3, 0.4) is 0 Å². The molecule has 1 aliphatic heterocycles. The summed E-state index contributed by atoms with van der Waals surface area (Å²) in [5.41, 5.74) is 2.66. The maximum absolute atomic E-state index is 12.6. The van der Waals surface area contributed by atoms with Crippen molar-refractivity contribution in [2.24, 2.45) is 0 Å². The normalized spacial score (nSPS) is 22.1. The number of rotatable bonds is 4. The fourth-order valence-electron chi connectivity index (χ4n) is 3.75. The summed E-state index contributed by atoms with van der Waals surface area (Å²) in [7, 11) is 0. The van der Waals surface area contributed by atoms with Gasteiger partial charge in [-0.25, -0.2) is 0 Å². The highest BCUT2D eigenvalue weighted by Gasteiger charge is 2.27. The van der Waals surface area contributed by atoms with E-state index in [1.807, 2.05) is 11.6 Å². The first-order valence-electron chi connectivity index (χ1n) is 9.36. The van der Waals surface area contributed by atoms with Crippen LogP contribution in [0.4, 0.5) is 0 Å². The van der Waals surface area contributed by atoms with Crippen LogP contribution in [-0.2, 0) is 17.9 Å². The minimum Gasteiger partial charge on any atom is -0.373 e. The third-order valence-electron chi connectivity index (χ3n) is 5.19. The van der Waals surface area contributed by atoms with Crippen LogP contribution in [-0.4, -0.2) is 50.5 Å². The monoisotopic (exact) mass is 372 g/mol. The van der Waals surface area contributed by atoms with E-state index in [0.717, 1.165) is 30.5 Å². The topological polar surface area (TPSA) is 114 Å². The zero-order valence-electron chi connectivity index (χ0n) is 15.3. The van der Waals surface area contributed by atoms with Gasteiger partial charge in [-0.3, -0.25) is 19.4 Å². The second-order valence-corrected chi connectivity index (χ2v) is 7.23. The van der Waals surface area contributed by atoms with Gasteiger partial charge >= 0.3 is 0 Å². The SMILES string of the molecule is Cc1cn[nH]c1C(=O)NC1CCCC(NC(=O)c2cc3n(n2)CCOC3)C1. The first-order chi connectivity index (χ1) is 13.1. The van der Waals surface area contributed by atoms with Gasteiger partial charge in [0.05, 0.1) is 31.6 Å². The van der Waals surface area contributed by atoms with Crippen LogP contribution in [0.2, 0.25) is 0 Å². The molecule has 0 aromatic carbocycles. The summed E-state index contributed by atoms with van der Waals surface area (Å²) >= 11 is 0. The standard InChI is InChI=1S/C18H24N6O3/c1-11-9-19-22-16(11)18(26)21-13-4-2-3-12(7-13)20-17(25)15-8-14-10-27-6-5-24(14)23-15/h8-9,12-13H,2-7,10H2,1H3,(H,19,22)(H,20,25)(H,21,26). The van der Waals surface area contributed by atoms with Gasteiger partial charge in [0, 0.05) is 12.1 Å². The molecule has 2 aromatic rings. The van der Waals surface area contributed by atoms with E-state index in [0.29, 0.717) is 37.6 Å². The van der Waals surface area contributed by atoms with Crippen molar-refractivity contribution in [1.29, 1.82) is 0 Å². The Bertz CT molecular complexity index is 819. The molecular weight excluding hydrogens is 348 g/mol. The average molecular weight is 372 g/mol. The number of hydrogen-bond donors (Lipinski definition) is 3. The number of amides is 2. The minimum absolute atomic E-state index is 0.0226. The first-order valence-corrected chi connectivity index (χ1v) is 9.36. The number of hydrogen-bond acceptors (Lipinski definition) is 5. The Balaban J connectivity index is 1.34. The van der Waals surface area contributed by atoms with Crippen LogP contribution >= 0.6 is 0 Å². The summed E-state index contributed by atoms with van der Waals surface area (Å²) < 4.78 is 7.22. The fourth-order valence-corrected chi connectivity index (χ4v) is 3.75. The Kier molecular flexibility index (Phi) is 4.93. The molecule has 3 N–H and O–H groups in total. The van der Waals surface area contributed by atoms with Gasteiger partial charge in [-0.05, 0) is 44.2 Å². The lowest BCUT2D eigenvalue weighted by Gasteiger charge is -2.30. The van der Waals surface area contributed by atoms with Gasteiger partial charge in [0.25, 0.3) is 11.8 Å². The van der Waals surface area contributed by atoms with E-state index in [4.69, 9.17) is 4.74 Å². The van der Waals surface area contributed by atoms with Crippen LogP contribution in [0.15, 0.2) is 12.3 Å². The molecule has 2 atom stereocenters. The van der Waals surface area contributed by atoms with Crippen LogP contribution in [0.25, 0.3) is 0 Å². The van der Waals surface area contributed by atoms with Crippen LogP contribution in [0.5, 0.6) is 0 Å². The molecule has 2 unspecified atom stereocenters. The van der Waals surface area contributed by atoms with E-state index in [-0.39, 0.29) is 23.9 Å². The first kappa shape index (κ1) is 17.7. The molecular formula is C18H24N6O3. The van der Waals surface area contributed by atoms with E-state index in [1.54, 1.807) is 12.3 Å². The second-order valence-electron chi connectivity index (χ2n) is 7.23. The summed E-state index contributed by atoms with van der Waals surface area (Å²) in [6.45, 7) is 3.63. The van der Waals surface area contributed by atoms with Crippen molar-refractivity contribution in [2.45, 2.75) is 57.8 Å². The zero-order chi connectivity index (χ0) is 18.8. The van der Waals surface area contributed by atoms with E-state index < -0.39 is 0 Å². The van der Waals surface area contributed by atoms with Crippen LogP contribution < -0.4 is 10.6 Å². The molecule has 0 bridgehead atoms. The van der Waals surface area contributed by atoms with E-state index in [2.05, 4.69) is 25.9 Å². The van der Waals surface area contributed by atoms with E-state index in [9.17, 15) is 9.59 Å². The number of aromatic amines is 1. The number of aromatic nitrogens is 4. The summed E-state index contributed by atoms with van der Waals surface area (Å²) in [5.74, 6) is -0.318. The van der Waals surface area contributed by atoms with Gasteiger partial charge in [0.1, 0.15) is 5.69 Å². The third-order valence-corrected chi connectivity index (χ3v) is 5.19. The lowest BCUT2D eigenvalue weighted by atomic mass is 9.90. The predicted octanol–water partition coefficient (Wildman–Crippen LogP) is 0.916. The van der Waals surface area contributed by atoms with Crippen molar-refractivity contribution < 1.29 is 14.3 Å². The number of carbonyl (C=O) groups is 2. The van der Waals surface area contributed by atoms with Gasteiger partial charge < -0.3 is 15.4 Å². The molecule has 9 nitrogen and oxygen atoms in total. The van der Waals surface area contributed by atoms with Crippen molar-refractivity contribution in [3.63, 3.8) is 0 Å². The maximum atomic E-state index is 12.6. The molecule has 9 heteroatoms. The molecule has 2 amide bonds. The lowest BCUT2D eigenvalue weighted by Crippen LogP contribution is -2.46. The van der Waals surface area contributed by atoms with Crippen molar-refractivity contribution >= 4 is 11.8 Å². The quantitative estimate of drug-likeness (QED) is 0.738. The van der Waals surface area contributed by atoms with Gasteiger partial charge in [0.15, 0.2) is 5.69 Å². The molecule has 2 aromatic heterocycles. The van der Waals surface area contributed by atoms with Crippen LogP contribution in [0.1, 0.15) is 57.9 Å². The van der Waals surface area contributed by atoms with Crippen molar-refractivity contribution in [3.8, 4) is 0 Å². The van der Waals surface area contributed by atoms with Crippen LogP contribution in [0, 0.1) is 6.92 Å². The van der Waals surface area contributed by atoms with Crippen molar-refractivity contribution in [3.05, 3.63) is 34.9 Å². The molecule has 1 aliphatic carbocycles. The number of H-pyrrole nitrogens is 1. The Morgan fingerprint density at radius 3 is 2.74 bits per heavy atom. The Morgan fingerprint density at radius 2 is 2.04 bits per heavy atom.